The average molecular weight is 314 g/mol. The topological polar surface area (TPSA) is 118 Å². The number of benzene rings is 1. The first-order valence-corrected chi connectivity index (χ1v) is 7.20. The molecule has 23 heavy (non-hydrogen) atoms. The quantitative estimate of drug-likeness (QED) is 0.679. The van der Waals surface area contributed by atoms with Crippen molar-refractivity contribution in [3.8, 4) is 0 Å². The Hall–Kier alpha value is -2.96. The van der Waals surface area contributed by atoms with Gasteiger partial charge < -0.3 is 16.2 Å². The van der Waals surface area contributed by atoms with Crippen molar-refractivity contribution < 1.29 is 14.7 Å². The van der Waals surface area contributed by atoms with Crippen LogP contribution >= 0.6 is 0 Å². The number of nitrogens with one attached hydrogen (secondary N) is 1. The molecule has 7 nitrogen and oxygen atoms in total. The SMILES string of the molecule is NC(=O)c1ccc(NC(CCC(=O)O)Cc2ccccc2)nn1. The number of anilines is 1. The third kappa shape index (κ3) is 5.39. The predicted molar refractivity (Wildman–Crippen MR) is 85.0 cm³/mol. The zero-order chi connectivity index (χ0) is 16.7. The average Bonchev–Trinajstić information content (AvgIpc) is 2.54. The van der Waals surface area contributed by atoms with Gasteiger partial charge in [-0.1, -0.05) is 30.3 Å². The van der Waals surface area contributed by atoms with E-state index in [1.165, 1.54) is 6.07 Å². The summed E-state index contributed by atoms with van der Waals surface area (Å²) in [5, 5.41) is 19.7. The molecule has 0 fully saturated rings. The molecule has 0 radical (unpaired) electrons. The molecule has 0 saturated carbocycles. The zero-order valence-electron chi connectivity index (χ0n) is 12.5. The van der Waals surface area contributed by atoms with E-state index in [1.54, 1.807) is 6.07 Å². The van der Waals surface area contributed by atoms with Gasteiger partial charge in [0.2, 0.25) is 0 Å². The molecule has 1 heterocycles. The molecule has 0 aliphatic rings. The Morgan fingerprint density at radius 1 is 1.13 bits per heavy atom. The number of carbonyl (C=O) groups is 2. The maximum absolute atomic E-state index is 11.0. The van der Waals surface area contributed by atoms with E-state index in [0.717, 1.165) is 5.56 Å². The summed E-state index contributed by atoms with van der Waals surface area (Å²) in [6.07, 6.45) is 1.16. The summed E-state index contributed by atoms with van der Waals surface area (Å²) in [5.74, 6) is -1.02. The van der Waals surface area contributed by atoms with E-state index in [0.29, 0.717) is 18.7 Å². The summed E-state index contributed by atoms with van der Waals surface area (Å²) in [5.41, 5.74) is 6.30. The molecule has 4 N–H and O–H groups in total. The standard InChI is InChI=1S/C16H18N4O3/c17-16(23)13-7-8-14(20-19-13)18-12(6-9-15(21)22)10-11-4-2-1-3-5-11/h1-5,7-8,12H,6,9-10H2,(H2,17,23)(H,18,20)(H,21,22). The molecule has 0 saturated heterocycles. The Bertz CT molecular complexity index is 659. The van der Waals surface area contributed by atoms with Crippen molar-refractivity contribution in [3.05, 3.63) is 53.7 Å². The monoisotopic (exact) mass is 314 g/mol. The molecule has 1 aromatic heterocycles. The van der Waals surface area contributed by atoms with Crippen molar-refractivity contribution >= 4 is 17.7 Å². The van der Waals surface area contributed by atoms with Gasteiger partial charge in [0.1, 0.15) is 5.82 Å². The van der Waals surface area contributed by atoms with Gasteiger partial charge in [-0.3, -0.25) is 9.59 Å². The van der Waals surface area contributed by atoms with Crippen LogP contribution in [0.1, 0.15) is 28.9 Å². The Morgan fingerprint density at radius 3 is 2.43 bits per heavy atom. The van der Waals surface area contributed by atoms with Crippen LogP contribution in [0.2, 0.25) is 0 Å². The minimum Gasteiger partial charge on any atom is -0.481 e. The molecular weight excluding hydrogens is 296 g/mol. The summed E-state index contributed by atoms with van der Waals surface area (Å²) in [7, 11) is 0. The third-order valence-electron chi connectivity index (χ3n) is 3.30. The number of hydrogen-bond donors (Lipinski definition) is 3. The van der Waals surface area contributed by atoms with E-state index in [4.69, 9.17) is 10.8 Å². The van der Waals surface area contributed by atoms with Crippen molar-refractivity contribution in [2.24, 2.45) is 5.73 Å². The van der Waals surface area contributed by atoms with Crippen molar-refractivity contribution in [2.45, 2.75) is 25.3 Å². The van der Waals surface area contributed by atoms with Crippen LogP contribution in [0.5, 0.6) is 0 Å². The van der Waals surface area contributed by atoms with Crippen molar-refractivity contribution in [1.29, 1.82) is 0 Å². The fraction of sp³-hybridized carbons (Fsp3) is 0.250. The maximum atomic E-state index is 11.0. The van der Waals surface area contributed by atoms with E-state index < -0.39 is 11.9 Å². The molecule has 0 aliphatic heterocycles. The van der Waals surface area contributed by atoms with E-state index in [9.17, 15) is 9.59 Å². The van der Waals surface area contributed by atoms with Gasteiger partial charge in [-0.15, -0.1) is 10.2 Å². The van der Waals surface area contributed by atoms with Crippen LogP contribution < -0.4 is 11.1 Å². The van der Waals surface area contributed by atoms with Crippen LogP contribution in [0, 0.1) is 0 Å². The Balaban J connectivity index is 2.06. The molecule has 1 atom stereocenters. The number of carbonyl (C=O) groups excluding carboxylic acids is 1. The van der Waals surface area contributed by atoms with Crippen LogP contribution in [-0.2, 0) is 11.2 Å². The first-order chi connectivity index (χ1) is 11.0. The summed E-state index contributed by atoms with van der Waals surface area (Å²) >= 11 is 0. The second kappa shape index (κ2) is 7.88. The minimum atomic E-state index is -0.847. The highest BCUT2D eigenvalue weighted by molar-refractivity contribution is 5.90. The van der Waals surface area contributed by atoms with Crippen LogP contribution in [0.25, 0.3) is 0 Å². The molecule has 1 aromatic carbocycles. The Morgan fingerprint density at radius 2 is 1.87 bits per heavy atom. The maximum Gasteiger partial charge on any atom is 0.303 e. The number of primary amides is 1. The number of amides is 1. The summed E-state index contributed by atoms with van der Waals surface area (Å²) in [6, 6.07) is 12.7. The van der Waals surface area contributed by atoms with Crippen LogP contribution in [0.15, 0.2) is 42.5 Å². The summed E-state index contributed by atoms with van der Waals surface area (Å²) in [6.45, 7) is 0. The molecule has 7 heteroatoms. The van der Waals surface area contributed by atoms with Crippen LogP contribution in [-0.4, -0.2) is 33.2 Å². The van der Waals surface area contributed by atoms with Gasteiger partial charge in [0, 0.05) is 12.5 Å². The summed E-state index contributed by atoms with van der Waals surface area (Å²) in [4.78, 5) is 21.8. The normalized spacial score (nSPS) is 11.7. The van der Waals surface area contributed by atoms with Crippen molar-refractivity contribution in [3.63, 3.8) is 0 Å². The third-order valence-corrected chi connectivity index (χ3v) is 3.30. The first kappa shape index (κ1) is 16.4. The van der Waals surface area contributed by atoms with E-state index in [-0.39, 0.29) is 18.2 Å². The second-order valence-corrected chi connectivity index (χ2v) is 5.13. The lowest BCUT2D eigenvalue weighted by molar-refractivity contribution is -0.137. The lowest BCUT2D eigenvalue weighted by Gasteiger charge is -2.18. The highest BCUT2D eigenvalue weighted by Crippen LogP contribution is 2.13. The molecular formula is C16H18N4O3. The largest absolute Gasteiger partial charge is 0.481 e. The fourth-order valence-corrected chi connectivity index (χ4v) is 2.17. The number of aromatic nitrogens is 2. The van der Waals surface area contributed by atoms with Gasteiger partial charge in [-0.2, -0.15) is 0 Å². The van der Waals surface area contributed by atoms with E-state index in [1.807, 2.05) is 30.3 Å². The fourth-order valence-electron chi connectivity index (χ4n) is 2.17. The van der Waals surface area contributed by atoms with Gasteiger partial charge in [0.05, 0.1) is 0 Å². The Kier molecular flexibility index (Phi) is 5.62. The lowest BCUT2D eigenvalue weighted by atomic mass is 10.0. The predicted octanol–water partition coefficient (Wildman–Crippen LogP) is 1.46. The lowest BCUT2D eigenvalue weighted by Crippen LogP contribution is -2.24. The molecule has 0 aliphatic carbocycles. The minimum absolute atomic E-state index is 0.0529. The van der Waals surface area contributed by atoms with Gasteiger partial charge in [-0.25, -0.2) is 0 Å². The highest BCUT2D eigenvalue weighted by atomic mass is 16.4. The van der Waals surface area contributed by atoms with Gasteiger partial charge in [0.15, 0.2) is 5.69 Å². The number of hydrogen-bond acceptors (Lipinski definition) is 5. The van der Waals surface area contributed by atoms with Crippen molar-refractivity contribution in [2.75, 3.05) is 5.32 Å². The summed E-state index contributed by atoms with van der Waals surface area (Å²) < 4.78 is 0. The molecule has 1 unspecified atom stereocenters. The molecule has 2 rings (SSSR count). The first-order valence-electron chi connectivity index (χ1n) is 7.20. The highest BCUT2D eigenvalue weighted by Gasteiger charge is 2.13. The zero-order valence-corrected chi connectivity index (χ0v) is 12.5. The van der Waals surface area contributed by atoms with E-state index >= 15 is 0 Å². The molecule has 0 spiro atoms. The molecule has 120 valence electrons. The molecule has 1 amide bonds. The van der Waals surface area contributed by atoms with Gasteiger partial charge >= 0.3 is 5.97 Å². The van der Waals surface area contributed by atoms with Crippen molar-refractivity contribution in [1.82, 2.24) is 10.2 Å². The van der Waals surface area contributed by atoms with Gasteiger partial charge in [-0.05, 0) is 30.5 Å². The second-order valence-electron chi connectivity index (χ2n) is 5.13. The molecule has 2 aromatic rings. The number of carboxylic acid groups (broad SMARTS) is 1. The van der Waals surface area contributed by atoms with Crippen LogP contribution in [0.3, 0.4) is 0 Å². The number of carboxylic acids is 1. The van der Waals surface area contributed by atoms with Crippen LogP contribution in [0.4, 0.5) is 5.82 Å². The Labute approximate surface area is 133 Å². The number of rotatable bonds is 8. The number of nitrogens with zero attached hydrogens (tertiary/aromatic N) is 2. The molecule has 0 bridgehead atoms. The smallest absolute Gasteiger partial charge is 0.303 e. The van der Waals surface area contributed by atoms with Gasteiger partial charge in [0.25, 0.3) is 5.91 Å². The number of nitrogens with two attached hydrogens (primary N) is 1. The van der Waals surface area contributed by atoms with E-state index in [2.05, 4.69) is 15.5 Å². The number of aliphatic carboxylic acids is 1.